The monoisotopic (exact) mass is 261 g/mol. The quantitative estimate of drug-likeness (QED) is 0.892. The zero-order valence-electron chi connectivity index (χ0n) is 10.4. The number of nitrogens with two attached hydrogens (primary N) is 1. The molecule has 0 saturated carbocycles. The van der Waals surface area contributed by atoms with Crippen molar-refractivity contribution in [2.45, 2.75) is 20.3 Å². The minimum atomic E-state index is -0.125. The number of aryl methyl sites for hydroxylation is 2. The zero-order chi connectivity index (χ0) is 13.1. The minimum absolute atomic E-state index is 0.125. The van der Waals surface area contributed by atoms with E-state index < -0.39 is 0 Å². The standard InChI is InChI=1S/C13H15N3OS/c1-3-10-4-5-11(18-10)13(17)16-12-8(2)6-9(14)7-15-12/h4-7H,3,14H2,1-2H3,(H,15,16,17). The molecule has 0 aliphatic rings. The third-order valence-electron chi connectivity index (χ3n) is 2.57. The van der Waals surface area contributed by atoms with Gasteiger partial charge in [0.15, 0.2) is 0 Å². The van der Waals surface area contributed by atoms with Crippen LogP contribution in [-0.4, -0.2) is 10.9 Å². The molecule has 5 heteroatoms. The van der Waals surface area contributed by atoms with Gasteiger partial charge in [-0.2, -0.15) is 0 Å². The van der Waals surface area contributed by atoms with Crippen molar-refractivity contribution < 1.29 is 4.79 Å². The fraction of sp³-hybridized carbons (Fsp3) is 0.231. The van der Waals surface area contributed by atoms with Crippen molar-refractivity contribution in [1.82, 2.24) is 4.98 Å². The van der Waals surface area contributed by atoms with Gasteiger partial charge in [-0.05, 0) is 37.1 Å². The number of nitrogen functional groups attached to an aromatic ring is 1. The molecule has 94 valence electrons. The maximum atomic E-state index is 12.0. The number of thiophene rings is 1. The largest absolute Gasteiger partial charge is 0.397 e. The van der Waals surface area contributed by atoms with Gasteiger partial charge in [0.1, 0.15) is 5.82 Å². The van der Waals surface area contributed by atoms with Gasteiger partial charge < -0.3 is 11.1 Å². The highest BCUT2D eigenvalue weighted by Gasteiger charge is 2.11. The number of anilines is 2. The van der Waals surface area contributed by atoms with Gasteiger partial charge in [0.05, 0.1) is 16.8 Å². The van der Waals surface area contributed by atoms with Crippen LogP contribution in [0.2, 0.25) is 0 Å². The summed E-state index contributed by atoms with van der Waals surface area (Å²) in [5, 5.41) is 2.80. The first kappa shape index (κ1) is 12.6. The number of hydrogen-bond acceptors (Lipinski definition) is 4. The number of nitrogens with one attached hydrogen (secondary N) is 1. The Hall–Kier alpha value is -1.88. The Morgan fingerprint density at radius 1 is 1.50 bits per heavy atom. The molecule has 2 aromatic rings. The van der Waals surface area contributed by atoms with Crippen molar-refractivity contribution >= 4 is 28.7 Å². The summed E-state index contributed by atoms with van der Waals surface area (Å²) in [5.74, 6) is 0.431. The molecule has 2 aromatic heterocycles. The summed E-state index contributed by atoms with van der Waals surface area (Å²) in [7, 11) is 0. The van der Waals surface area contributed by atoms with Gasteiger partial charge >= 0.3 is 0 Å². The SMILES string of the molecule is CCc1ccc(C(=O)Nc2ncc(N)cc2C)s1. The molecule has 0 aliphatic heterocycles. The molecule has 0 bridgehead atoms. The van der Waals surface area contributed by atoms with E-state index >= 15 is 0 Å². The Morgan fingerprint density at radius 3 is 2.89 bits per heavy atom. The first-order valence-corrected chi connectivity index (χ1v) is 6.54. The smallest absolute Gasteiger partial charge is 0.266 e. The van der Waals surface area contributed by atoms with E-state index in [2.05, 4.69) is 17.2 Å². The van der Waals surface area contributed by atoms with E-state index in [0.717, 1.165) is 12.0 Å². The van der Waals surface area contributed by atoms with Crippen LogP contribution in [0.3, 0.4) is 0 Å². The van der Waals surface area contributed by atoms with Crippen LogP contribution in [0.15, 0.2) is 24.4 Å². The Labute approximate surface area is 110 Å². The number of hydrogen-bond donors (Lipinski definition) is 2. The van der Waals surface area contributed by atoms with Crippen molar-refractivity contribution in [2.75, 3.05) is 11.1 Å². The van der Waals surface area contributed by atoms with Crippen LogP contribution >= 0.6 is 11.3 Å². The predicted octanol–water partition coefficient (Wildman–Crippen LogP) is 2.85. The zero-order valence-corrected chi connectivity index (χ0v) is 11.2. The molecule has 0 fully saturated rings. The molecule has 4 nitrogen and oxygen atoms in total. The topological polar surface area (TPSA) is 68.0 Å². The van der Waals surface area contributed by atoms with E-state index in [-0.39, 0.29) is 5.91 Å². The second kappa shape index (κ2) is 5.18. The minimum Gasteiger partial charge on any atom is -0.397 e. The van der Waals surface area contributed by atoms with Crippen molar-refractivity contribution in [3.8, 4) is 0 Å². The van der Waals surface area contributed by atoms with Crippen LogP contribution in [0, 0.1) is 6.92 Å². The Morgan fingerprint density at radius 2 is 2.28 bits per heavy atom. The first-order chi connectivity index (χ1) is 8.60. The molecule has 0 radical (unpaired) electrons. The molecule has 2 heterocycles. The molecular formula is C13H15N3OS. The summed E-state index contributed by atoms with van der Waals surface area (Å²) in [6.07, 6.45) is 2.48. The summed E-state index contributed by atoms with van der Waals surface area (Å²) in [6, 6.07) is 5.60. The average Bonchev–Trinajstić information content (AvgIpc) is 2.81. The molecule has 18 heavy (non-hydrogen) atoms. The molecule has 0 aromatic carbocycles. The van der Waals surface area contributed by atoms with Gasteiger partial charge in [0.25, 0.3) is 5.91 Å². The second-order valence-corrected chi connectivity index (χ2v) is 5.18. The van der Waals surface area contributed by atoms with E-state index in [0.29, 0.717) is 16.4 Å². The van der Waals surface area contributed by atoms with Crippen LogP contribution in [0.5, 0.6) is 0 Å². The number of aromatic nitrogens is 1. The van der Waals surface area contributed by atoms with Gasteiger partial charge in [0, 0.05) is 4.88 Å². The summed E-state index contributed by atoms with van der Waals surface area (Å²) in [6.45, 7) is 3.93. The molecule has 0 saturated heterocycles. The van der Waals surface area contributed by atoms with Crippen molar-refractivity contribution in [3.63, 3.8) is 0 Å². The molecule has 3 N–H and O–H groups in total. The maximum absolute atomic E-state index is 12.0. The molecule has 1 amide bonds. The molecule has 0 atom stereocenters. The number of nitrogens with zero attached hydrogens (tertiary/aromatic N) is 1. The van der Waals surface area contributed by atoms with Crippen LogP contribution in [0.4, 0.5) is 11.5 Å². The van der Waals surface area contributed by atoms with Gasteiger partial charge in [-0.3, -0.25) is 4.79 Å². The number of carbonyl (C=O) groups is 1. The van der Waals surface area contributed by atoms with E-state index in [1.807, 2.05) is 19.1 Å². The fourth-order valence-electron chi connectivity index (χ4n) is 1.59. The second-order valence-electron chi connectivity index (χ2n) is 4.01. The van der Waals surface area contributed by atoms with Crippen LogP contribution < -0.4 is 11.1 Å². The van der Waals surface area contributed by atoms with Crippen molar-refractivity contribution in [2.24, 2.45) is 0 Å². The number of pyridine rings is 1. The number of carbonyl (C=O) groups excluding carboxylic acids is 1. The Kier molecular flexibility index (Phi) is 3.62. The van der Waals surface area contributed by atoms with E-state index in [1.165, 1.54) is 22.4 Å². The highest BCUT2D eigenvalue weighted by molar-refractivity contribution is 7.14. The van der Waals surface area contributed by atoms with E-state index in [4.69, 9.17) is 5.73 Å². The highest BCUT2D eigenvalue weighted by atomic mass is 32.1. The summed E-state index contributed by atoms with van der Waals surface area (Å²) < 4.78 is 0. The fourth-order valence-corrected chi connectivity index (χ4v) is 2.43. The summed E-state index contributed by atoms with van der Waals surface area (Å²) in [5.41, 5.74) is 7.07. The van der Waals surface area contributed by atoms with Crippen LogP contribution in [0.25, 0.3) is 0 Å². The number of rotatable bonds is 3. The normalized spacial score (nSPS) is 10.3. The lowest BCUT2D eigenvalue weighted by Gasteiger charge is -2.06. The molecule has 0 spiro atoms. The van der Waals surface area contributed by atoms with Gasteiger partial charge in [-0.1, -0.05) is 6.92 Å². The number of amides is 1. The van der Waals surface area contributed by atoms with E-state index in [9.17, 15) is 4.79 Å². The molecule has 0 unspecified atom stereocenters. The lowest BCUT2D eigenvalue weighted by molar-refractivity contribution is 0.103. The van der Waals surface area contributed by atoms with Crippen molar-refractivity contribution in [1.29, 1.82) is 0 Å². The average molecular weight is 261 g/mol. The van der Waals surface area contributed by atoms with Gasteiger partial charge in [-0.25, -0.2) is 4.98 Å². The molecule has 2 rings (SSSR count). The lowest BCUT2D eigenvalue weighted by Crippen LogP contribution is -2.12. The maximum Gasteiger partial charge on any atom is 0.266 e. The highest BCUT2D eigenvalue weighted by Crippen LogP contribution is 2.20. The molecular weight excluding hydrogens is 246 g/mol. The Bertz CT molecular complexity index is 577. The third kappa shape index (κ3) is 2.68. The first-order valence-electron chi connectivity index (χ1n) is 5.72. The van der Waals surface area contributed by atoms with Crippen molar-refractivity contribution in [3.05, 3.63) is 39.7 Å². The van der Waals surface area contributed by atoms with Crippen LogP contribution in [0.1, 0.15) is 27.0 Å². The lowest BCUT2D eigenvalue weighted by atomic mass is 10.2. The Balaban J connectivity index is 2.16. The molecule has 0 aliphatic carbocycles. The summed E-state index contributed by atoms with van der Waals surface area (Å²) >= 11 is 1.50. The van der Waals surface area contributed by atoms with Crippen LogP contribution in [-0.2, 0) is 6.42 Å². The summed E-state index contributed by atoms with van der Waals surface area (Å²) in [4.78, 5) is 18.0. The van der Waals surface area contributed by atoms with Gasteiger partial charge in [0.2, 0.25) is 0 Å². The predicted molar refractivity (Wildman–Crippen MR) is 75.0 cm³/mol. The van der Waals surface area contributed by atoms with E-state index in [1.54, 1.807) is 6.07 Å². The third-order valence-corrected chi connectivity index (χ3v) is 3.79. The van der Waals surface area contributed by atoms with Gasteiger partial charge in [-0.15, -0.1) is 11.3 Å².